The fourth-order valence-corrected chi connectivity index (χ4v) is 4.55. The van der Waals surface area contributed by atoms with Crippen molar-refractivity contribution in [2.24, 2.45) is 24.6 Å². The summed E-state index contributed by atoms with van der Waals surface area (Å²) in [6.45, 7) is 12.9. The molecule has 8 nitrogen and oxygen atoms in total. The van der Waals surface area contributed by atoms with E-state index in [1.807, 2.05) is 83.6 Å². The van der Waals surface area contributed by atoms with Crippen molar-refractivity contribution in [3.63, 3.8) is 0 Å². The van der Waals surface area contributed by atoms with E-state index in [9.17, 15) is 19.5 Å². The molecule has 2 aromatic rings. The Kier molecular flexibility index (Phi) is 9.13. The average Bonchev–Trinajstić information content (AvgIpc) is 3.16. The Morgan fingerprint density at radius 1 is 1.11 bits per heavy atom. The highest BCUT2D eigenvalue weighted by molar-refractivity contribution is 5.92. The number of aliphatic carboxylic acids is 1. The van der Waals surface area contributed by atoms with Gasteiger partial charge in [0.05, 0.1) is 12.1 Å². The van der Waals surface area contributed by atoms with Crippen LogP contribution in [0.4, 0.5) is 0 Å². The zero-order valence-corrected chi connectivity index (χ0v) is 23.0. The molecule has 1 heterocycles. The maximum atomic E-state index is 13.5. The van der Waals surface area contributed by atoms with Gasteiger partial charge in [-0.15, -0.1) is 0 Å². The van der Waals surface area contributed by atoms with Gasteiger partial charge in [-0.1, -0.05) is 65.8 Å². The van der Waals surface area contributed by atoms with E-state index in [2.05, 4.69) is 5.32 Å². The van der Waals surface area contributed by atoms with Crippen molar-refractivity contribution >= 4 is 28.7 Å². The zero-order chi connectivity index (χ0) is 27.5. The summed E-state index contributed by atoms with van der Waals surface area (Å²) >= 11 is 0. The van der Waals surface area contributed by atoms with Gasteiger partial charge in [-0.3, -0.25) is 9.59 Å². The van der Waals surface area contributed by atoms with Crippen LogP contribution in [0.1, 0.15) is 54.0 Å². The maximum absolute atomic E-state index is 13.5. The van der Waals surface area contributed by atoms with Crippen LogP contribution in [0.25, 0.3) is 10.9 Å². The van der Waals surface area contributed by atoms with Crippen LogP contribution < -0.4 is 11.1 Å². The van der Waals surface area contributed by atoms with Gasteiger partial charge in [0.15, 0.2) is 0 Å². The van der Waals surface area contributed by atoms with Gasteiger partial charge >= 0.3 is 5.97 Å². The van der Waals surface area contributed by atoms with Gasteiger partial charge in [0.2, 0.25) is 11.8 Å². The summed E-state index contributed by atoms with van der Waals surface area (Å²) in [5.41, 5.74) is 8.01. The van der Waals surface area contributed by atoms with E-state index in [0.29, 0.717) is 0 Å². The van der Waals surface area contributed by atoms with Gasteiger partial charge in [0.25, 0.3) is 0 Å². The van der Waals surface area contributed by atoms with Crippen LogP contribution in [0.5, 0.6) is 0 Å². The second kappa shape index (κ2) is 11.3. The molecular weight excluding hydrogens is 456 g/mol. The van der Waals surface area contributed by atoms with Gasteiger partial charge in [-0.25, -0.2) is 4.79 Å². The number of amides is 2. The molecule has 0 saturated heterocycles. The lowest BCUT2D eigenvalue weighted by atomic mass is 9.77. The zero-order valence-electron chi connectivity index (χ0n) is 23.0. The first kappa shape index (κ1) is 29.1. The number of aryl methyl sites for hydroxylation is 1. The Labute approximate surface area is 214 Å². The second-order valence-electron chi connectivity index (χ2n) is 10.9. The van der Waals surface area contributed by atoms with Crippen molar-refractivity contribution < 1.29 is 19.5 Å². The van der Waals surface area contributed by atoms with Gasteiger partial charge in [0, 0.05) is 42.2 Å². The highest BCUT2D eigenvalue weighted by Gasteiger charge is 2.39. The summed E-state index contributed by atoms with van der Waals surface area (Å²) in [6.07, 6.45) is 3.58. The number of nitrogens with one attached hydrogen (secondary N) is 1. The predicted octanol–water partition coefficient (Wildman–Crippen LogP) is 3.44. The molecule has 1 aromatic carbocycles. The molecule has 0 aliphatic heterocycles. The van der Waals surface area contributed by atoms with E-state index in [0.717, 1.165) is 16.5 Å². The first-order valence-corrected chi connectivity index (χ1v) is 12.4. The fourth-order valence-electron chi connectivity index (χ4n) is 4.55. The summed E-state index contributed by atoms with van der Waals surface area (Å²) in [5.74, 6) is -1.95. The number of hydrogen-bond donors (Lipinski definition) is 3. The third kappa shape index (κ3) is 5.98. The lowest BCUT2D eigenvalue weighted by Gasteiger charge is -2.36. The van der Waals surface area contributed by atoms with Crippen molar-refractivity contribution in [1.29, 1.82) is 0 Å². The summed E-state index contributed by atoms with van der Waals surface area (Å²) < 4.78 is 2.02. The third-order valence-corrected chi connectivity index (χ3v) is 7.12. The van der Waals surface area contributed by atoms with Crippen LogP contribution in [0.2, 0.25) is 0 Å². The molecule has 198 valence electrons. The number of rotatable bonds is 10. The molecule has 0 aliphatic carbocycles. The van der Waals surface area contributed by atoms with Gasteiger partial charge in [0.1, 0.15) is 6.04 Å². The number of carboxylic acids is 1. The molecule has 0 radical (unpaired) electrons. The van der Waals surface area contributed by atoms with E-state index >= 15 is 0 Å². The summed E-state index contributed by atoms with van der Waals surface area (Å²) in [4.78, 5) is 39.8. The van der Waals surface area contributed by atoms with Crippen molar-refractivity contribution in [2.45, 2.75) is 72.0 Å². The number of nitrogens with zero attached hydrogens (tertiary/aromatic N) is 2. The molecule has 36 heavy (non-hydrogen) atoms. The first-order valence-electron chi connectivity index (χ1n) is 12.4. The Morgan fingerprint density at radius 2 is 1.69 bits per heavy atom. The van der Waals surface area contributed by atoms with Crippen LogP contribution >= 0.6 is 0 Å². The van der Waals surface area contributed by atoms with E-state index in [4.69, 9.17) is 5.73 Å². The van der Waals surface area contributed by atoms with E-state index < -0.39 is 35.4 Å². The minimum absolute atomic E-state index is 0.0238. The SMILES string of the molecule is C/C(=C\[C@H](C(C)C)N(C)C(=O)[C@@H](NC(=O)[C@@H](N)C(C)(C)c1cn(C)c2ccccc12)C(C)C)C(=O)O. The molecule has 4 N–H and O–H groups in total. The molecule has 1 aromatic heterocycles. The smallest absolute Gasteiger partial charge is 0.331 e. The molecule has 0 spiro atoms. The second-order valence-corrected chi connectivity index (χ2v) is 10.9. The van der Waals surface area contributed by atoms with Crippen LogP contribution in [0.15, 0.2) is 42.1 Å². The van der Waals surface area contributed by atoms with Gasteiger partial charge in [-0.2, -0.15) is 0 Å². The molecule has 0 unspecified atom stereocenters. The highest BCUT2D eigenvalue weighted by Crippen LogP contribution is 2.34. The lowest BCUT2D eigenvalue weighted by Crippen LogP contribution is -2.59. The summed E-state index contributed by atoms with van der Waals surface area (Å²) in [7, 11) is 3.60. The number of likely N-dealkylation sites (N-methyl/N-ethyl adjacent to an activating group) is 1. The van der Waals surface area contributed by atoms with Crippen molar-refractivity contribution in [2.75, 3.05) is 7.05 Å². The molecule has 0 aliphatic rings. The highest BCUT2D eigenvalue weighted by atomic mass is 16.4. The normalized spacial score (nSPS) is 15.2. The van der Waals surface area contributed by atoms with Crippen LogP contribution in [-0.4, -0.2) is 57.5 Å². The van der Waals surface area contributed by atoms with E-state index in [1.54, 1.807) is 13.1 Å². The van der Waals surface area contributed by atoms with Gasteiger partial charge < -0.3 is 25.6 Å². The molecule has 0 saturated carbocycles. The molecule has 2 rings (SSSR count). The maximum Gasteiger partial charge on any atom is 0.331 e. The molecular formula is C28H42N4O4. The summed E-state index contributed by atoms with van der Waals surface area (Å²) in [6, 6.07) is 5.82. The van der Waals surface area contributed by atoms with Gasteiger partial charge in [-0.05, 0) is 30.4 Å². The number of para-hydroxylation sites is 1. The van der Waals surface area contributed by atoms with Crippen molar-refractivity contribution in [3.8, 4) is 0 Å². The predicted molar refractivity (Wildman–Crippen MR) is 143 cm³/mol. The Morgan fingerprint density at radius 3 is 2.22 bits per heavy atom. The van der Waals surface area contributed by atoms with Crippen LogP contribution in [-0.2, 0) is 26.8 Å². The largest absolute Gasteiger partial charge is 0.478 e. The minimum atomic E-state index is -1.03. The van der Waals surface area contributed by atoms with Crippen LogP contribution in [0.3, 0.4) is 0 Å². The van der Waals surface area contributed by atoms with E-state index in [-0.39, 0.29) is 23.3 Å². The molecule has 0 bridgehead atoms. The number of carbonyl (C=O) groups is 3. The Hall–Kier alpha value is -3.13. The number of nitrogens with two attached hydrogens (primary N) is 1. The molecule has 0 fully saturated rings. The first-order chi connectivity index (χ1) is 16.6. The minimum Gasteiger partial charge on any atom is -0.478 e. The third-order valence-electron chi connectivity index (χ3n) is 7.12. The lowest BCUT2D eigenvalue weighted by molar-refractivity contribution is -0.139. The Balaban J connectivity index is 2.32. The molecule has 8 heteroatoms. The molecule has 2 amide bonds. The monoisotopic (exact) mass is 498 g/mol. The van der Waals surface area contributed by atoms with Crippen LogP contribution in [0, 0.1) is 11.8 Å². The number of aromatic nitrogens is 1. The molecule has 3 atom stereocenters. The van der Waals surface area contributed by atoms with Crippen molar-refractivity contribution in [3.05, 3.63) is 47.7 Å². The quantitative estimate of drug-likeness (QED) is 0.434. The number of fused-ring (bicyclic) bond motifs is 1. The summed E-state index contributed by atoms with van der Waals surface area (Å²) in [5, 5.41) is 13.2. The average molecular weight is 499 g/mol. The van der Waals surface area contributed by atoms with Crippen molar-refractivity contribution in [1.82, 2.24) is 14.8 Å². The number of carbonyl (C=O) groups excluding carboxylic acids is 2. The fraction of sp³-hybridized carbons (Fsp3) is 0.536. The Bertz CT molecular complexity index is 1150. The number of hydrogen-bond acceptors (Lipinski definition) is 4. The topological polar surface area (TPSA) is 118 Å². The number of carboxylic acid groups (broad SMARTS) is 1. The number of benzene rings is 1. The van der Waals surface area contributed by atoms with E-state index in [1.165, 1.54) is 11.8 Å². The standard InChI is InChI=1S/C28H42N4O4/c1-16(2)22(14-18(5)27(35)36)32(9)26(34)23(17(3)4)30-25(33)24(29)28(6,7)20-15-31(8)21-13-11-10-12-19(20)21/h10-17,22-24H,29H2,1-9H3,(H,30,33)(H,35,36)/b18-14+/t22-,23+,24-/m1/s1.